The van der Waals surface area contributed by atoms with Crippen molar-refractivity contribution < 1.29 is 13.6 Å². The van der Waals surface area contributed by atoms with Crippen LogP contribution in [0.4, 0.5) is 8.78 Å². The monoisotopic (exact) mass is 551 g/mol. The van der Waals surface area contributed by atoms with E-state index in [1.807, 2.05) is 11.8 Å². The number of aliphatic imine (C=N–C) groups is 1. The minimum absolute atomic E-state index is 0. The molecule has 1 saturated heterocycles. The van der Waals surface area contributed by atoms with E-state index in [9.17, 15) is 13.6 Å². The molecule has 0 saturated carbocycles. The number of hydrogen-bond donors (Lipinski definition) is 2. The van der Waals surface area contributed by atoms with Crippen molar-refractivity contribution in [3.8, 4) is 0 Å². The quantitative estimate of drug-likeness (QED) is 0.214. The molecule has 1 fully saturated rings. The highest BCUT2D eigenvalue weighted by Crippen LogP contribution is 2.24. The molecule has 2 rings (SSSR count). The smallest absolute Gasteiger partial charge is 0.222 e. The van der Waals surface area contributed by atoms with Crippen LogP contribution < -0.4 is 10.6 Å². The number of nitrogens with one attached hydrogen (secondary N) is 2. The summed E-state index contributed by atoms with van der Waals surface area (Å²) in [4.78, 5) is 20.3. The first-order chi connectivity index (χ1) is 14.4. The molecule has 0 aromatic heterocycles. The molecular weight excluding hydrogens is 515 g/mol. The lowest BCUT2D eigenvalue weighted by atomic mass is 10.0. The van der Waals surface area contributed by atoms with E-state index < -0.39 is 17.7 Å². The molecule has 1 unspecified atom stereocenters. The van der Waals surface area contributed by atoms with Crippen LogP contribution in [0.5, 0.6) is 0 Å². The number of benzene rings is 1. The lowest BCUT2D eigenvalue weighted by Crippen LogP contribution is -2.40. The molecule has 0 aliphatic carbocycles. The third-order valence-electron chi connectivity index (χ3n) is 5.29. The lowest BCUT2D eigenvalue weighted by molar-refractivity contribution is -0.130. The molecule has 176 valence electrons. The summed E-state index contributed by atoms with van der Waals surface area (Å²) >= 11 is 0. The van der Waals surface area contributed by atoms with E-state index in [0.29, 0.717) is 25.5 Å². The van der Waals surface area contributed by atoms with Gasteiger partial charge in [0.25, 0.3) is 0 Å². The SMILES string of the molecule is CCNC(=NCC(c1c(F)cccc1F)N(C)C)NCCCN1CCCCCC1=O.I. The van der Waals surface area contributed by atoms with Crippen LogP contribution in [0.25, 0.3) is 0 Å². The van der Waals surface area contributed by atoms with E-state index >= 15 is 0 Å². The second-order valence-corrected chi connectivity index (χ2v) is 7.81. The molecule has 0 spiro atoms. The maximum absolute atomic E-state index is 14.2. The summed E-state index contributed by atoms with van der Waals surface area (Å²) in [5, 5.41) is 6.43. The maximum Gasteiger partial charge on any atom is 0.222 e. The zero-order valence-electron chi connectivity index (χ0n) is 18.8. The minimum atomic E-state index is -0.566. The van der Waals surface area contributed by atoms with Gasteiger partial charge < -0.3 is 20.4 Å². The Morgan fingerprint density at radius 1 is 1.19 bits per heavy atom. The van der Waals surface area contributed by atoms with E-state index in [0.717, 1.165) is 38.8 Å². The Bertz CT molecular complexity index is 697. The number of likely N-dealkylation sites (N-methyl/N-ethyl adjacent to an activating group) is 1. The van der Waals surface area contributed by atoms with Gasteiger partial charge in [-0.25, -0.2) is 8.78 Å². The van der Waals surface area contributed by atoms with Crippen molar-refractivity contribution >= 4 is 35.8 Å². The Balaban J connectivity index is 0.00000480. The van der Waals surface area contributed by atoms with Crippen LogP contribution in [0.2, 0.25) is 0 Å². The van der Waals surface area contributed by atoms with Crippen molar-refractivity contribution in [2.24, 2.45) is 4.99 Å². The number of carbonyl (C=O) groups is 1. The highest BCUT2D eigenvalue weighted by atomic mass is 127. The number of nitrogens with zero attached hydrogens (tertiary/aromatic N) is 3. The average Bonchev–Trinajstić information content (AvgIpc) is 2.91. The van der Waals surface area contributed by atoms with E-state index in [2.05, 4.69) is 15.6 Å². The van der Waals surface area contributed by atoms with E-state index in [-0.39, 0.29) is 42.0 Å². The summed E-state index contributed by atoms with van der Waals surface area (Å²) in [5.41, 5.74) is 0.0294. The van der Waals surface area contributed by atoms with Crippen LogP contribution >= 0.6 is 24.0 Å². The molecule has 31 heavy (non-hydrogen) atoms. The van der Waals surface area contributed by atoms with Gasteiger partial charge in [-0.3, -0.25) is 9.79 Å². The Labute approximate surface area is 201 Å². The zero-order chi connectivity index (χ0) is 21.9. The molecule has 1 heterocycles. The molecule has 6 nitrogen and oxygen atoms in total. The van der Waals surface area contributed by atoms with Crippen LogP contribution in [0.1, 0.15) is 50.6 Å². The fraction of sp³-hybridized carbons (Fsp3) is 0.636. The number of carbonyl (C=O) groups excluding carboxylic acids is 1. The summed E-state index contributed by atoms with van der Waals surface area (Å²) in [6.07, 6.45) is 4.64. The molecule has 1 amide bonds. The van der Waals surface area contributed by atoms with Gasteiger partial charge in [0.05, 0.1) is 12.6 Å². The Morgan fingerprint density at radius 3 is 2.55 bits per heavy atom. The first-order valence-electron chi connectivity index (χ1n) is 10.8. The predicted octanol–water partition coefficient (Wildman–Crippen LogP) is 3.53. The first kappa shape index (κ1) is 27.5. The van der Waals surface area contributed by atoms with Crippen LogP contribution in [0.3, 0.4) is 0 Å². The molecule has 2 N–H and O–H groups in total. The number of likely N-dealkylation sites (tertiary alicyclic amines) is 1. The molecule has 1 atom stereocenters. The van der Waals surface area contributed by atoms with Gasteiger partial charge in [-0.05, 0) is 52.4 Å². The van der Waals surface area contributed by atoms with Gasteiger partial charge in [0, 0.05) is 38.2 Å². The molecule has 1 aliphatic heterocycles. The number of rotatable bonds is 9. The molecule has 0 bridgehead atoms. The second-order valence-electron chi connectivity index (χ2n) is 7.81. The van der Waals surface area contributed by atoms with Crippen LogP contribution in [-0.2, 0) is 4.79 Å². The molecule has 1 aromatic carbocycles. The Kier molecular flexibility index (Phi) is 12.9. The first-order valence-corrected chi connectivity index (χ1v) is 10.8. The van der Waals surface area contributed by atoms with E-state index in [1.54, 1.807) is 19.0 Å². The third-order valence-corrected chi connectivity index (χ3v) is 5.29. The van der Waals surface area contributed by atoms with Crippen molar-refractivity contribution in [2.75, 3.05) is 46.8 Å². The Morgan fingerprint density at radius 2 is 1.90 bits per heavy atom. The van der Waals surface area contributed by atoms with Gasteiger partial charge in [0.1, 0.15) is 11.6 Å². The van der Waals surface area contributed by atoms with Crippen LogP contribution in [0, 0.1) is 11.6 Å². The standard InChI is InChI=1S/C22H35F2N5O.HI/c1-4-25-22(26-13-9-15-29-14-7-5-6-12-20(29)30)27-16-19(28(2)3)21-17(23)10-8-11-18(21)24;/h8,10-11,19H,4-7,9,12-16H2,1-3H3,(H2,25,26,27);1H. The van der Waals surface area contributed by atoms with Gasteiger partial charge in [-0.15, -0.1) is 24.0 Å². The summed E-state index contributed by atoms with van der Waals surface area (Å²) in [5.74, 6) is -0.287. The summed E-state index contributed by atoms with van der Waals surface area (Å²) in [7, 11) is 3.56. The third kappa shape index (κ3) is 8.88. The van der Waals surface area contributed by atoms with Gasteiger partial charge in [0.15, 0.2) is 5.96 Å². The topological polar surface area (TPSA) is 60.0 Å². The molecule has 9 heteroatoms. The van der Waals surface area contributed by atoms with Gasteiger partial charge in [-0.1, -0.05) is 12.5 Å². The van der Waals surface area contributed by atoms with Crippen LogP contribution in [0.15, 0.2) is 23.2 Å². The Hall–Kier alpha value is -1.49. The number of amides is 1. The normalized spacial score (nSPS) is 16.0. The summed E-state index contributed by atoms with van der Waals surface area (Å²) in [6.45, 7) is 5.09. The number of halogens is 3. The highest BCUT2D eigenvalue weighted by Gasteiger charge is 2.22. The molecule has 1 aliphatic rings. The van der Waals surface area contributed by atoms with Crippen molar-refractivity contribution in [1.29, 1.82) is 0 Å². The fourth-order valence-electron chi connectivity index (χ4n) is 3.61. The lowest BCUT2D eigenvalue weighted by Gasteiger charge is -2.24. The van der Waals surface area contributed by atoms with Crippen molar-refractivity contribution in [3.63, 3.8) is 0 Å². The van der Waals surface area contributed by atoms with Gasteiger partial charge in [0.2, 0.25) is 5.91 Å². The second kappa shape index (κ2) is 14.5. The van der Waals surface area contributed by atoms with Crippen molar-refractivity contribution in [3.05, 3.63) is 35.4 Å². The van der Waals surface area contributed by atoms with Crippen LogP contribution in [-0.4, -0.2) is 68.5 Å². The summed E-state index contributed by atoms with van der Waals surface area (Å²) in [6, 6.07) is 3.39. The van der Waals surface area contributed by atoms with Crippen molar-refractivity contribution in [2.45, 2.75) is 45.1 Å². The van der Waals surface area contributed by atoms with Crippen molar-refractivity contribution in [1.82, 2.24) is 20.4 Å². The zero-order valence-corrected chi connectivity index (χ0v) is 21.1. The van der Waals surface area contributed by atoms with E-state index in [4.69, 9.17) is 0 Å². The highest BCUT2D eigenvalue weighted by molar-refractivity contribution is 14.0. The summed E-state index contributed by atoms with van der Waals surface area (Å²) < 4.78 is 28.5. The van der Waals surface area contributed by atoms with Gasteiger partial charge in [-0.2, -0.15) is 0 Å². The fourth-order valence-corrected chi connectivity index (χ4v) is 3.61. The van der Waals surface area contributed by atoms with Gasteiger partial charge >= 0.3 is 0 Å². The minimum Gasteiger partial charge on any atom is -0.357 e. The predicted molar refractivity (Wildman–Crippen MR) is 132 cm³/mol. The molecule has 0 radical (unpaired) electrons. The van der Waals surface area contributed by atoms with E-state index in [1.165, 1.54) is 18.2 Å². The molecule has 1 aromatic rings. The molecular formula is C22H36F2IN5O. The number of hydrogen-bond acceptors (Lipinski definition) is 3. The largest absolute Gasteiger partial charge is 0.357 e. The number of guanidine groups is 1. The maximum atomic E-state index is 14.2. The average molecular weight is 551 g/mol.